The average molecular weight is 466 g/mol. The molecule has 172 valence electrons. The number of sulfonamides is 1. The summed E-state index contributed by atoms with van der Waals surface area (Å²) < 4.78 is 25.8. The molecule has 0 fully saturated rings. The Bertz CT molecular complexity index is 1260. The Balaban J connectivity index is 1.64. The van der Waals surface area contributed by atoms with Crippen molar-refractivity contribution in [1.29, 1.82) is 0 Å². The first kappa shape index (κ1) is 22.8. The monoisotopic (exact) mass is 465 g/mol. The third-order valence-corrected chi connectivity index (χ3v) is 7.57. The molecule has 1 N–H and O–H groups in total. The van der Waals surface area contributed by atoms with Crippen molar-refractivity contribution in [3.8, 4) is 0 Å². The maximum atomic E-state index is 12.8. The number of carbonyl (C=O) groups excluding carboxylic acids is 1. The second-order valence-corrected chi connectivity index (χ2v) is 10.3. The van der Waals surface area contributed by atoms with Gasteiger partial charge in [0.2, 0.25) is 15.9 Å². The summed E-state index contributed by atoms with van der Waals surface area (Å²) in [6.45, 7) is 2.44. The van der Waals surface area contributed by atoms with Crippen LogP contribution in [-0.4, -0.2) is 50.8 Å². The van der Waals surface area contributed by atoms with E-state index in [1.807, 2.05) is 54.3 Å². The summed E-state index contributed by atoms with van der Waals surface area (Å²) >= 11 is 0. The summed E-state index contributed by atoms with van der Waals surface area (Å²) in [4.78, 5) is 21.5. The van der Waals surface area contributed by atoms with Gasteiger partial charge in [-0.2, -0.15) is 0 Å². The molecule has 1 aliphatic heterocycles. The molecule has 2 aromatic carbocycles. The van der Waals surface area contributed by atoms with Crippen LogP contribution in [0.3, 0.4) is 0 Å². The van der Waals surface area contributed by atoms with E-state index in [4.69, 9.17) is 4.98 Å². The molecular weight excluding hydrogens is 438 g/mol. The minimum Gasteiger partial charge on any atom is -0.340 e. The maximum absolute atomic E-state index is 12.8. The van der Waals surface area contributed by atoms with Crippen LogP contribution < -0.4 is 15.1 Å². The fourth-order valence-electron chi connectivity index (χ4n) is 3.76. The summed E-state index contributed by atoms with van der Waals surface area (Å²) in [5.74, 6) is 1.33. The molecule has 1 atom stereocenters. The van der Waals surface area contributed by atoms with Gasteiger partial charge in [-0.3, -0.25) is 4.79 Å². The minimum atomic E-state index is -3.49. The molecule has 33 heavy (non-hydrogen) atoms. The minimum absolute atomic E-state index is 0.0126. The van der Waals surface area contributed by atoms with Gasteiger partial charge in [-0.25, -0.2) is 17.7 Å². The molecule has 2 heterocycles. The first-order valence-corrected chi connectivity index (χ1v) is 12.0. The SMILES string of the molecule is C[C@H]1C(=O)N(C)c2ccc(Nc3ccc(S(=O)(=O)N(C)C)cc3)nc2N1Cc1ccccc1. The number of rotatable bonds is 6. The molecule has 3 aromatic rings. The number of hydrogen-bond acceptors (Lipinski definition) is 6. The molecule has 0 spiro atoms. The van der Waals surface area contributed by atoms with Gasteiger partial charge in [0.15, 0.2) is 5.82 Å². The summed E-state index contributed by atoms with van der Waals surface area (Å²) in [7, 11) is 1.28. The third-order valence-electron chi connectivity index (χ3n) is 5.74. The van der Waals surface area contributed by atoms with E-state index in [2.05, 4.69) is 5.32 Å². The van der Waals surface area contributed by atoms with E-state index < -0.39 is 10.0 Å². The quantitative estimate of drug-likeness (QED) is 0.600. The summed E-state index contributed by atoms with van der Waals surface area (Å²) in [6.07, 6.45) is 0. The van der Waals surface area contributed by atoms with Gasteiger partial charge in [0.1, 0.15) is 11.9 Å². The van der Waals surface area contributed by atoms with Crippen molar-refractivity contribution in [2.24, 2.45) is 0 Å². The Kier molecular flexibility index (Phi) is 6.09. The molecule has 9 heteroatoms. The highest BCUT2D eigenvalue weighted by molar-refractivity contribution is 7.89. The summed E-state index contributed by atoms with van der Waals surface area (Å²) in [5, 5.41) is 3.24. The van der Waals surface area contributed by atoms with Crippen LogP contribution in [0.2, 0.25) is 0 Å². The molecule has 0 radical (unpaired) electrons. The van der Waals surface area contributed by atoms with Crippen LogP contribution in [0.15, 0.2) is 71.6 Å². The zero-order valence-electron chi connectivity index (χ0n) is 19.1. The lowest BCUT2D eigenvalue weighted by atomic mass is 10.1. The van der Waals surface area contributed by atoms with Gasteiger partial charge < -0.3 is 15.1 Å². The zero-order valence-corrected chi connectivity index (χ0v) is 19.9. The van der Waals surface area contributed by atoms with Gasteiger partial charge in [-0.15, -0.1) is 0 Å². The van der Waals surface area contributed by atoms with Crippen molar-refractivity contribution in [3.63, 3.8) is 0 Å². The predicted octanol–water partition coefficient (Wildman–Crippen LogP) is 3.45. The Morgan fingerprint density at radius 1 is 1.00 bits per heavy atom. The standard InChI is InChI=1S/C24H27N5O3S/c1-17-24(30)28(4)21-14-15-22(26-23(21)29(17)16-18-8-6-5-7-9-18)25-19-10-12-20(13-11-19)33(31,32)27(2)3/h5-15,17H,16H2,1-4H3,(H,25,26)/t17-/m0/s1. The lowest BCUT2D eigenvalue weighted by Gasteiger charge is -2.39. The molecular formula is C24H27N5O3S. The Labute approximate surface area is 194 Å². The van der Waals surface area contributed by atoms with Crippen LogP contribution in [0.4, 0.5) is 23.0 Å². The number of pyridine rings is 1. The highest BCUT2D eigenvalue weighted by Crippen LogP contribution is 2.36. The normalized spacial score (nSPS) is 16.2. The Morgan fingerprint density at radius 3 is 2.30 bits per heavy atom. The Hall–Kier alpha value is -3.43. The van der Waals surface area contributed by atoms with Gasteiger partial charge in [-0.1, -0.05) is 30.3 Å². The van der Waals surface area contributed by atoms with E-state index in [1.54, 1.807) is 36.2 Å². The van der Waals surface area contributed by atoms with Gasteiger partial charge in [0, 0.05) is 33.4 Å². The van der Waals surface area contributed by atoms with E-state index in [-0.39, 0.29) is 16.8 Å². The number of likely N-dealkylation sites (N-methyl/N-ethyl adjacent to an activating group) is 1. The van der Waals surface area contributed by atoms with Crippen LogP contribution in [0, 0.1) is 0 Å². The molecule has 1 aromatic heterocycles. The van der Waals surface area contributed by atoms with Crippen LogP contribution >= 0.6 is 0 Å². The van der Waals surface area contributed by atoms with Crippen molar-refractivity contribution in [3.05, 3.63) is 72.3 Å². The second kappa shape index (κ2) is 8.84. The number of aromatic nitrogens is 1. The third kappa shape index (κ3) is 4.42. The molecule has 0 saturated carbocycles. The van der Waals surface area contributed by atoms with Crippen LogP contribution in [-0.2, 0) is 21.4 Å². The number of anilines is 4. The molecule has 1 aliphatic rings. The van der Waals surface area contributed by atoms with Gasteiger partial charge in [-0.05, 0) is 48.9 Å². The van der Waals surface area contributed by atoms with Gasteiger partial charge in [0.05, 0.1) is 10.6 Å². The summed E-state index contributed by atoms with van der Waals surface area (Å²) in [6, 6.07) is 19.8. The number of hydrogen-bond donors (Lipinski definition) is 1. The van der Waals surface area contributed by atoms with Crippen molar-refractivity contribution in [2.75, 3.05) is 36.3 Å². The molecule has 0 bridgehead atoms. The molecule has 1 amide bonds. The molecule has 0 saturated heterocycles. The second-order valence-electron chi connectivity index (χ2n) is 8.16. The number of carbonyl (C=O) groups is 1. The molecule has 8 nitrogen and oxygen atoms in total. The smallest absolute Gasteiger partial charge is 0.249 e. The van der Waals surface area contributed by atoms with Crippen molar-refractivity contribution in [2.45, 2.75) is 24.4 Å². The fourth-order valence-corrected chi connectivity index (χ4v) is 4.66. The van der Waals surface area contributed by atoms with Crippen molar-refractivity contribution < 1.29 is 13.2 Å². The van der Waals surface area contributed by atoms with Crippen LogP contribution in [0.5, 0.6) is 0 Å². The van der Waals surface area contributed by atoms with E-state index in [0.717, 1.165) is 11.3 Å². The number of amides is 1. The number of fused-ring (bicyclic) bond motifs is 1. The number of nitrogens with one attached hydrogen (secondary N) is 1. The first-order chi connectivity index (χ1) is 15.7. The molecule has 0 unspecified atom stereocenters. The van der Waals surface area contributed by atoms with Gasteiger partial charge in [0.25, 0.3) is 0 Å². The van der Waals surface area contributed by atoms with Crippen LogP contribution in [0.25, 0.3) is 0 Å². The molecule has 4 rings (SSSR count). The van der Waals surface area contributed by atoms with E-state index >= 15 is 0 Å². The van der Waals surface area contributed by atoms with Crippen LogP contribution in [0.1, 0.15) is 12.5 Å². The van der Waals surface area contributed by atoms with Crippen molar-refractivity contribution in [1.82, 2.24) is 9.29 Å². The summed E-state index contributed by atoms with van der Waals surface area (Å²) in [5.41, 5.74) is 2.54. The average Bonchev–Trinajstić information content (AvgIpc) is 2.81. The van der Waals surface area contributed by atoms with E-state index in [1.165, 1.54) is 18.4 Å². The predicted molar refractivity (Wildman–Crippen MR) is 130 cm³/mol. The first-order valence-electron chi connectivity index (χ1n) is 10.6. The Morgan fingerprint density at radius 2 is 1.67 bits per heavy atom. The lowest BCUT2D eigenvalue weighted by molar-refractivity contribution is -0.119. The van der Waals surface area contributed by atoms with E-state index in [0.29, 0.717) is 23.9 Å². The van der Waals surface area contributed by atoms with Crippen molar-refractivity contribution >= 4 is 38.9 Å². The maximum Gasteiger partial charge on any atom is 0.249 e. The highest BCUT2D eigenvalue weighted by atomic mass is 32.2. The zero-order chi connectivity index (χ0) is 23.8. The highest BCUT2D eigenvalue weighted by Gasteiger charge is 2.34. The topological polar surface area (TPSA) is 85.8 Å². The number of benzene rings is 2. The molecule has 0 aliphatic carbocycles. The van der Waals surface area contributed by atoms with E-state index in [9.17, 15) is 13.2 Å². The lowest BCUT2D eigenvalue weighted by Crippen LogP contribution is -2.50. The van der Waals surface area contributed by atoms with Gasteiger partial charge >= 0.3 is 0 Å². The largest absolute Gasteiger partial charge is 0.340 e. The number of nitrogens with zero attached hydrogens (tertiary/aromatic N) is 4. The fraction of sp³-hybridized carbons (Fsp3) is 0.250.